The zero-order chi connectivity index (χ0) is 9.38. The first kappa shape index (κ1) is 7.57. The van der Waals surface area contributed by atoms with Crippen LogP contribution < -0.4 is 0 Å². The lowest BCUT2D eigenvalue weighted by molar-refractivity contribution is 1.70. The van der Waals surface area contributed by atoms with E-state index in [9.17, 15) is 0 Å². The van der Waals surface area contributed by atoms with Gasteiger partial charge in [0.1, 0.15) is 0 Å². The molecule has 14 heavy (non-hydrogen) atoms. The Balaban J connectivity index is 2.43. The maximum Gasteiger partial charge on any atom is -0.0105 e. The monoisotopic (exact) mass is 178 g/mol. The fraction of sp³-hybridized carbons (Fsp3) is 0. The summed E-state index contributed by atoms with van der Waals surface area (Å²) < 4.78 is 0. The van der Waals surface area contributed by atoms with E-state index in [1.807, 2.05) is 0 Å². The molecule has 0 amide bonds. The van der Waals surface area contributed by atoms with Crippen LogP contribution in [0.1, 0.15) is 0 Å². The number of fused-ring (bicyclic) bond motifs is 3. The Kier molecular flexibility index (Phi) is 1.54. The van der Waals surface area contributed by atoms with Crippen molar-refractivity contribution in [2.75, 3.05) is 0 Å². The zero-order valence-corrected chi connectivity index (χ0v) is 7.77. The zero-order valence-electron chi connectivity index (χ0n) is 7.77. The van der Waals surface area contributed by atoms with Crippen molar-refractivity contribution in [3.05, 3.63) is 60.7 Å². The molecule has 3 aliphatic carbocycles. The number of hydrogen-bond acceptors (Lipinski definition) is 0. The summed E-state index contributed by atoms with van der Waals surface area (Å²) in [4.78, 5) is 0. The highest BCUT2D eigenvalue weighted by molar-refractivity contribution is 5.85. The standard InChI is InChI=1S/C14H10/c1-2-6-12-8-4-10-14(12)13-9-3-7-11(13)5-1/h1-10H. The Hall–Kier alpha value is -1.82. The van der Waals surface area contributed by atoms with Crippen molar-refractivity contribution in [3.63, 3.8) is 0 Å². The summed E-state index contributed by atoms with van der Waals surface area (Å²) in [6.07, 6.45) is 0. The third-order valence-corrected chi connectivity index (χ3v) is 2.65. The molecule has 0 heterocycles. The second kappa shape index (κ2) is 2.85. The van der Waals surface area contributed by atoms with E-state index in [0.29, 0.717) is 0 Å². The van der Waals surface area contributed by atoms with Gasteiger partial charge in [-0.05, 0) is 22.3 Å². The molecule has 0 atom stereocenters. The predicted molar refractivity (Wildman–Crippen MR) is 59.7 cm³/mol. The minimum Gasteiger partial charge on any atom is -0.0616 e. The van der Waals surface area contributed by atoms with Crippen LogP contribution in [0.4, 0.5) is 0 Å². The third kappa shape index (κ3) is 1.01. The summed E-state index contributed by atoms with van der Waals surface area (Å²) in [5.41, 5.74) is 5.29. The van der Waals surface area contributed by atoms with Crippen molar-refractivity contribution in [2.24, 2.45) is 0 Å². The van der Waals surface area contributed by atoms with Crippen LogP contribution in [0.5, 0.6) is 0 Å². The lowest BCUT2D eigenvalue weighted by Gasteiger charge is -2.02. The largest absolute Gasteiger partial charge is 0.0616 e. The van der Waals surface area contributed by atoms with E-state index in [2.05, 4.69) is 60.7 Å². The van der Waals surface area contributed by atoms with E-state index in [1.165, 1.54) is 22.3 Å². The van der Waals surface area contributed by atoms with Gasteiger partial charge >= 0.3 is 0 Å². The third-order valence-electron chi connectivity index (χ3n) is 2.65. The topological polar surface area (TPSA) is 0 Å². The molecule has 3 aliphatic rings. The minimum absolute atomic E-state index is 1.31. The molecule has 0 nitrogen and oxygen atoms in total. The molecule has 0 radical (unpaired) electrons. The Bertz CT molecular complexity index is 462. The van der Waals surface area contributed by atoms with E-state index in [4.69, 9.17) is 0 Å². The molecular formula is C14H10. The lowest BCUT2D eigenvalue weighted by Crippen LogP contribution is -1.75. The lowest BCUT2D eigenvalue weighted by atomic mass is 10.0. The Morgan fingerprint density at radius 1 is 0.429 bits per heavy atom. The first-order valence-electron chi connectivity index (χ1n) is 4.82. The normalized spacial score (nSPS) is 10.9. The first-order valence-corrected chi connectivity index (χ1v) is 4.82. The summed E-state index contributed by atoms with van der Waals surface area (Å²) in [6, 6.07) is 21.4. The smallest absolute Gasteiger partial charge is 0.0105 e. The molecule has 0 aromatic rings. The first-order chi connectivity index (χ1) is 6.95. The van der Waals surface area contributed by atoms with Crippen LogP contribution in [-0.4, -0.2) is 0 Å². The number of rotatable bonds is 0. The molecule has 0 spiro atoms. The van der Waals surface area contributed by atoms with Crippen LogP contribution >= 0.6 is 0 Å². The van der Waals surface area contributed by atoms with Gasteiger partial charge in [0.15, 0.2) is 0 Å². The van der Waals surface area contributed by atoms with Crippen LogP contribution in [-0.2, 0) is 0 Å². The molecule has 0 unspecified atom stereocenters. The van der Waals surface area contributed by atoms with Crippen LogP contribution in [0.15, 0.2) is 60.7 Å². The highest BCUT2D eigenvalue weighted by Crippen LogP contribution is 2.34. The molecule has 0 aliphatic heterocycles. The second-order valence-electron chi connectivity index (χ2n) is 3.51. The van der Waals surface area contributed by atoms with Gasteiger partial charge in [-0.25, -0.2) is 0 Å². The molecule has 0 aromatic carbocycles. The minimum atomic E-state index is 1.31. The van der Waals surface area contributed by atoms with E-state index in [0.717, 1.165) is 0 Å². The summed E-state index contributed by atoms with van der Waals surface area (Å²) in [5.74, 6) is 0. The van der Waals surface area contributed by atoms with E-state index in [1.54, 1.807) is 0 Å². The summed E-state index contributed by atoms with van der Waals surface area (Å²) >= 11 is 0. The highest BCUT2D eigenvalue weighted by atomic mass is 14.1. The van der Waals surface area contributed by atoms with Gasteiger partial charge in [-0.2, -0.15) is 0 Å². The van der Waals surface area contributed by atoms with Crippen LogP contribution in [0.2, 0.25) is 0 Å². The molecule has 0 N–H and O–H groups in total. The van der Waals surface area contributed by atoms with Crippen molar-refractivity contribution in [1.29, 1.82) is 0 Å². The van der Waals surface area contributed by atoms with Crippen molar-refractivity contribution in [2.45, 2.75) is 0 Å². The highest BCUT2D eigenvalue weighted by Gasteiger charge is 2.07. The van der Waals surface area contributed by atoms with Gasteiger partial charge in [-0.3, -0.25) is 0 Å². The van der Waals surface area contributed by atoms with E-state index >= 15 is 0 Å². The summed E-state index contributed by atoms with van der Waals surface area (Å²) in [5, 5.41) is 0. The van der Waals surface area contributed by atoms with Crippen LogP contribution in [0, 0.1) is 0 Å². The van der Waals surface area contributed by atoms with Crippen molar-refractivity contribution in [1.82, 2.24) is 0 Å². The summed E-state index contributed by atoms with van der Waals surface area (Å²) in [6.45, 7) is 0. The van der Waals surface area contributed by atoms with Gasteiger partial charge in [0.2, 0.25) is 0 Å². The Labute approximate surface area is 83.5 Å². The second-order valence-corrected chi connectivity index (χ2v) is 3.51. The number of hydrogen-bond donors (Lipinski definition) is 0. The van der Waals surface area contributed by atoms with Crippen LogP contribution in [0.25, 0.3) is 22.3 Å². The maximum absolute atomic E-state index is 2.18. The molecule has 0 fully saturated rings. The molecule has 66 valence electrons. The fourth-order valence-corrected chi connectivity index (χ4v) is 1.97. The molecule has 3 rings (SSSR count). The van der Waals surface area contributed by atoms with Crippen molar-refractivity contribution < 1.29 is 0 Å². The van der Waals surface area contributed by atoms with E-state index < -0.39 is 0 Å². The predicted octanol–water partition coefficient (Wildman–Crippen LogP) is 3.90. The van der Waals surface area contributed by atoms with E-state index in [-0.39, 0.29) is 0 Å². The van der Waals surface area contributed by atoms with Crippen LogP contribution in [0.3, 0.4) is 0 Å². The van der Waals surface area contributed by atoms with Gasteiger partial charge in [0, 0.05) is 0 Å². The molecule has 0 aromatic heterocycles. The molecule has 0 heteroatoms. The average molecular weight is 178 g/mol. The van der Waals surface area contributed by atoms with Crippen molar-refractivity contribution >= 4 is 0 Å². The Morgan fingerprint density at radius 2 is 0.857 bits per heavy atom. The summed E-state index contributed by atoms with van der Waals surface area (Å²) in [7, 11) is 0. The van der Waals surface area contributed by atoms with Crippen molar-refractivity contribution in [3.8, 4) is 22.3 Å². The molecule has 0 saturated carbocycles. The average Bonchev–Trinajstić information content (AvgIpc) is 2.75. The molecule has 0 bridgehead atoms. The van der Waals surface area contributed by atoms with Gasteiger partial charge < -0.3 is 0 Å². The SMILES string of the molecule is c1ccc2cccc-2c2cccc-2c1. The van der Waals surface area contributed by atoms with Gasteiger partial charge in [-0.15, -0.1) is 0 Å². The molecule has 0 saturated heterocycles. The fourth-order valence-electron chi connectivity index (χ4n) is 1.97. The van der Waals surface area contributed by atoms with Gasteiger partial charge in [0.05, 0.1) is 0 Å². The van der Waals surface area contributed by atoms with Gasteiger partial charge in [-0.1, -0.05) is 60.7 Å². The maximum atomic E-state index is 2.18. The molecular weight excluding hydrogens is 168 g/mol. The van der Waals surface area contributed by atoms with Gasteiger partial charge in [0.25, 0.3) is 0 Å². The Morgan fingerprint density at radius 3 is 1.36 bits per heavy atom. The quantitative estimate of drug-likeness (QED) is 0.489.